The Kier molecular flexibility index (Phi) is 5.29. The van der Waals surface area contributed by atoms with Crippen molar-refractivity contribution in [3.63, 3.8) is 0 Å². The number of piperidine rings is 1. The molecule has 1 atom stereocenters. The summed E-state index contributed by atoms with van der Waals surface area (Å²) in [6.07, 6.45) is 3.13. The fourth-order valence-electron chi connectivity index (χ4n) is 3.66. The molecule has 0 saturated carbocycles. The summed E-state index contributed by atoms with van der Waals surface area (Å²) < 4.78 is 16.0. The number of carbonyl (C=O) groups is 1. The molecule has 27 heavy (non-hydrogen) atoms. The van der Waals surface area contributed by atoms with Gasteiger partial charge in [-0.25, -0.2) is 0 Å². The summed E-state index contributed by atoms with van der Waals surface area (Å²) in [5, 5.41) is 7.12. The number of benzene rings is 1. The minimum atomic E-state index is -0.0757. The Balaban J connectivity index is 1.28. The van der Waals surface area contributed by atoms with Gasteiger partial charge >= 0.3 is 0 Å². The average molecular weight is 371 g/mol. The Morgan fingerprint density at radius 1 is 1.30 bits per heavy atom. The van der Waals surface area contributed by atoms with Crippen molar-refractivity contribution in [1.82, 2.24) is 15.4 Å². The van der Waals surface area contributed by atoms with Gasteiger partial charge in [-0.2, -0.15) is 0 Å². The molecule has 1 aromatic carbocycles. The van der Waals surface area contributed by atoms with E-state index in [0.29, 0.717) is 29.5 Å². The van der Waals surface area contributed by atoms with Gasteiger partial charge in [0.05, 0.1) is 12.2 Å². The second-order valence-corrected chi connectivity index (χ2v) is 7.16. The van der Waals surface area contributed by atoms with Crippen LogP contribution in [0, 0.1) is 5.92 Å². The molecule has 0 bridgehead atoms. The first kappa shape index (κ1) is 17.9. The van der Waals surface area contributed by atoms with Crippen LogP contribution in [-0.2, 0) is 13.0 Å². The van der Waals surface area contributed by atoms with E-state index in [1.165, 1.54) is 0 Å². The molecule has 7 nitrogen and oxygen atoms in total. The topological polar surface area (TPSA) is 76.8 Å². The smallest absolute Gasteiger partial charge is 0.251 e. The maximum atomic E-state index is 12.5. The summed E-state index contributed by atoms with van der Waals surface area (Å²) in [5.74, 6) is 2.59. The monoisotopic (exact) mass is 371 g/mol. The standard InChI is InChI=1S/C20H25N3O4/c1-2-16-9-17(27-22-16)12-23-7-3-4-14(11-23)10-21-20(24)15-5-6-18-19(8-15)26-13-25-18/h5-6,8-9,14H,2-4,7,10-13H2,1H3,(H,21,24). The normalized spacial score (nSPS) is 19.2. The van der Waals surface area contributed by atoms with E-state index in [2.05, 4.69) is 22.3 Å². The second kappa shape index (κ2) is 8.00. The van der Waals surface area contributed by atoms with E-state index in [1.54, 1.807) is 18.2 Å². The molecule has 1 fully saturated rings. The Labute approximate surface area is 158 Å². The number of carbonyl (C=O) groups excluding carboxylic acids is 1. The number of nitrogens with one attached hydrogen (secondary N) is 1. The van der Waals surface area contributed by atoms with Crippen LogP contribution in [0.2, 0.25) is 0 Å². The second-order valence-electron chi connectivity index (χ2n) is 7.16. The molecule has 4 rings (SSSR count). The van der Waals surface area contributed by atoms with Gasteiger partial charge in [-0.05, 0) is 49.9 Å². The molecule has 1 saturated heterocycles. The van der Waals surface area contributed by atoms with Gasteiger partial charge in [0, 0.05) is 24.7 Å². The van der Waals surface area contributed by atoms with Gasteiger partial charge in [-0.3, -0.25) is 9.69 Å². The number of amides is 1. The Bertz CT molecular complexity index is 804. The molecule has 1 unspecified atom stereocenters. The number of fused-ring (bicyclic) bond motifs is 1. The molecule has 1 aromatic heterocycles. The van der Waals surface area contributed by atoms with Crippen LogP contribution < -0.4 is 14.8 Å². The summed E-state index contributed by atoms with van der Waals surface area (Å²) in [5.41, 5.74) is 1.59. The molecule has 144 valence electrons. The molecule has 0 aliphatic carbocycles. The highest BCUT2D eigenvalue weighted by molar-refractivity contribution is 5.94. The van der Waals surface area contributed by atoms with Crippen molar-refractivity contribution in [3.8, 4) is 11.5 Å². The number of likely N-dealkylation sites (tertiary alicyclic amines) is 1. The molecule has 2 aliphatic heterocycles. The number of hydrogen-bond acceptors (Lipinski definition) is 6. The molecule has 3 heterocycles. The maximum Gasteiger partial charge on any atom is 0.251 e. The molecule has 1 amide bonds. The van der Waals surface area contributed by atoms with E-state index in [1.807, 2.05) is 6.07 Å². The van der Waals surface area contributed by atoms with Crippen molar-refractivity contribution >= 4 is 5.91 Å². The Morgan fingerprint density at radius 3 is 3.04 bits per heavy atom. The third-order valence-electron chi connectivity index (χ3n) is 5.14. The molecular weight excluding hydrogens is 346 g/mol. The van der Waals surface area contributed by atoms with Gasteiger partial charge in [0.2, 0.25) is 6.79 Å². The summed E-state index contributed by atoms with van der Waals surface area (Å²) in [7, 11) is 0. The summed E-state index contributed by atoms with van der Waals surface area (Å²) in [6.45, 7) is 5.73. The number of hydrogen-bond donors (Lipinski definition) is 1. The first-order valence-electron chi connectivity index (χ1n) is 9.56. The third kappa shape index (κ3) is 4.24. The van der Waals surface area contributed by atoms with Crippen LogP contribution in [0.5, 0.6) is 11.5 Å². The van der Waals surface area contributed by atoms with Crippen LogP contribution in [0.15, 0.2) is 28.8 Å². The fraction of sp³-hybridized carbons (Fsp3) is 0.500. The van der Waals surface area contributed by atoms with Crippen molar-refractivity contribution in [2.24, 2.45) is 5.92 Å². The zero-order chi connectivity index (χ0) is 18.6. The van der Waals surface area contributed by atoms with Crippen molar-refractivity contribution in [2.45, 2.75) is 32.7 Å². The van der Waals surface area contributed by atoms with Gasteiger partial charge in [0.15, 0.2) is 17.3 Å². The molecular formula is C20H25N3O4. The quantitative estimate of drug-likeness (QED) is 0.841. The van der Waals surface area contributed by atoms with Crippen LogP contribution in [0.3, 0.4) is 0 Å². The maximum absolute atomic E-state index is 12.5. The molecule has 2 aromatic rings. The fourth-order valence-corrected chi connectivity index (χ4v) is 3.66. The number of aryl methyl sites for hydroxylation is 1. The summed E-state index contributed by atoms with van der Waals surface area (Å²) in [4.78, 5) is 14.8. The largest absolute Gasteiger partial charge is 0.454 e. The van der Waals surface area contributed by atoms with Crippen LogP contribution in [0.25, 0.3) is 0 Å². The highest BCUT2D eigenvalue weighted by Gasteiger charge is 2.22. The molecule has 0 spiro atoms. The van der Waals surface area contributed by atoms with E-state index in [-0.39, 0.29) is 12.7 Å². The number of rotatable bonds is 6. The highest BCUT2D eigenvalue weighted by Crippen LogP contribution is 2.32. The van der Waals surface area contributed by atoms with E-state index in [4.69, 9.17) is 14.0 Å². The van der Waals surface area contributed by atoms with Gasteiger partial charge in [-0.1, -0.05) is 12.1 Å². The lowest BCUT2D eigenvalue weighted by molar-refractivity contribution is 0.0927. The van der Waals surface area contributed by atoms with Crippen molar-refractivity contribution < 1.29 is 18.8 Å². The van der Waals surface area contributed by atoms with Crippen LogP contribution in [0.1, 0.15) is 41.6 Å². The van der Waals surface area contributed by atoms with E-state index < -0.39 is 0 Å². The number of aromatic nitrogens is 1. The predicted molar refractivity (Wildman–Crippen MR) is 98.8 cm³/mol. The first-order valence-corrected chi connectivity index (χ1v) is 9.56. The number of ether oxygens (including phenoxy) is 2. The molecule has 1 N–H and O–H groups in total. The van der Waals surface area contributed by atoms with Crippen molar-refractivity contribution in [1.29, 1.82) is 0 Å². The molecule has 7 heteroatoms. The number of nitrogens with zero attached hydrogens (tertiary/aromatic N) is 2. The Hall–Kier alpha value is -2.54. The lowest BCUT2D eigenvalue weighted by Gasteiger charge is -2.32. The summed E-state index contributed by atoms with van der Waals surface area (Å²) >= 11 is 0. The van der Waals surface area contributed by atoms with Gasteiger partial charge in [-0.15, -0.1) is 0 Å². The first-order chi connectivity index (χ1) is 13.2. The van der Waals surface area contributed by atoms with Crippen molar-refractivity contribution in [3.05, 3.63) is 41.3 Å². The van der Waals surface area contributed by atoms with E-state index in [9.17, 15) is 4.79 Å². The van der Waals surface area contributed by atoms with Crippen LogP contribution in [0.4, 0.5) is 0 Å². The minimum Gasteiger partial charge on any atom is -0.454 e. The van der Waals surface area contributed by atoms with Crippen molar-refractivity contribution in [2.75, 3.05) is 26.4 Å². The summed E-state index contributed by atoms with van der Waals surface area (Å²) in [6, 6.07) is 7.32. The zero-order valence-electron chi connectivity index (χ0n) is 15.6. The Morgan fingerprint density at radius 2 is 2.19 bits per heavy atom. The van der Waals surface area contributed by atoms with Gasteiger partial charge in [0.25, 0.3) is 5.91 Å². The van der Waals surface area contributed by atoms with E-state index in [0.717, 1.165) is 50.4 Å². The lowest BCUT2D eigenvalue weighted by atomic mass is 9.97. The van der Waals surface area contributed by atoms with Crippen LogP contribution >= 0.6 is 0 Å². The lowest BCUT2D eigenvalue weighted by Crippen LogP contribution is -2.40. The zero-order valence-corrected chi connectivity index (χ0v) is 15.6. The predicted octanol–water partition coefficient (Wildman–Crippen LogP) is 2.61. The van der Waals surface area contributed by atoms with Gasteiger partial charge < -0.3 is 19.3 Å². The van der Waals surface area contributed by atoms with Crippen LogP contribution in [-0.4, -0.2) is 42.4 Å². The molecule has 0 radical (unpaired) electrons. The van der Waals surface area contributed by atoms with E-state index >= 15 is 0 Å². The minimum absolute atomic E-state index is 0.0757. The SMILES string of the molecule is CCc1cc(CN2CCCC(CNC(=O)c3ccc4c(c3)OCO4)C2)on1. The average Bonchev–Trinajstić information content (AvgIpc) is 3.34. The highest BCUT2D eigenvalue weighted by atomic mass is 16.7. The van der Waals surface area contributed by atoms with Gasteiger partial charge in [0.1, 0.15) is 0 Å². The molecule has 2 aliphatic rings. The third-order valence-corrected chi connectivity index (χ3v) is 5.14.